The van der Waals surface area contributed by atoms with Crippen LogP contribution in [0, 0.1) is 0 Å². The molecule has 1 aliphatic carbocycles. The Balaban J connectivity index is 2.20. The maximum absolute atomic E-state index is 12.3. The molecule has 0 radical (unpaired) electrons. The van der Waals surface area contributed by atoms with E-state index in [1.54, 1.807) is 18.2 Å². The fraction of sp³-hybridized carbons (Fsp3) is 0.312. The van der Waals surface area contributed by atoms with Gasteiger partial charge in [0.1, 0.15) is 0 Å². The van der Waals surface area contributed by atoms with Crippen molar-refractivity contribution >= 4 is 22.8 Å². The highest BCUT2D eigenvalue weighted by molar-refractivity contribution is 5.83. The summed E-state index contributed by atoms with van der Waals surface area (Å²) in [4.78, 5) is 34.1. The molecule has 6 heteroatoms. The van der Waals surface area contributed by atoms with E-state index in [1.165, 1.54) is 6.07 Å². The number of benzene rings is 1. The van der Waals surface area contributed by atoms with Crippen molar-refractivity contribution in [2.75, 3.05) is 0 Å². The number of hydrogen-bond donors (Lipinski definition) is 2. The van der Waals surface area contributed by atoms with Gasteiger partial charge in [0, 0.05) is 23.2 Å². The van der Waals surface area contributed by atoms with Crippen molar-refractivity contribution in [3.63, 3.8) is 0 Å². The molecule has 2 N–H and O–H groups in total. The molecule has 1 fully saturated rings. The summed E-state index contributed by atoms with van der Waals surface area (Å²) in [6.07, 6.45) is 1.58. The monoisotopic (exact) mass is 301 g/mol. The smallest absolute Gasteiger partial charge is 0.309 e. The maximum atomic E-state index is 12.3. The minimum absolute atomic E-state index is 0.143. The number of hydrogen-bond acceptors (Lipinski definition) is 3. The van der Waals surface area contributed by atoms with Gasteiger partial charge in [0.2, 0.25) is 0 Å². The van der Waals surface area contributed by atoms with Crippen LogP contribution in [0.3, 0.4) is 0 Å². The van der Waals surface area contributed by atoms with Gasteiger partial charge >= 0.3 is 11.9 Å². The molecule has 0 atom stereocenters. The molecule has 0 amide bonds. The Hall–Kier alpha value is -2.63. The van der Waals surface area contributed by atoms with Gasteiger partial charge < -0.3 is 14.8 Å². The molecule has 0 bridgehead atoms. The van der Waals surface area contributed by atoms with Crippen LogP contribution in [0.2, 0.25) is 0 Å². The number of aromatic nitrogens is 1. The van der Waals surface area contributed by atoms with Crippen LogP contribution in [0.4, 0.5) is 0 Å². The normalized spacial score (nSPS) is 14.2. The van der Waals surface area contributed by atoms with E-state index in [4.69, 9.17) is 10.2 Å². The zero-order valence-electron chi connectivity index (χ0n) is 11.8. The Kier molecular flexibility index (Phi) is 3.44. The van der Waals surface area contributed by atoms with Gasteiger partial charge in [-0.05, 0) is 30.5 Å². The number of aliphatic carboxylic acids is 2. The molecule has 3 rings (SSSR count). The average Bonchev–Trinajstić information content (AvgIpc) is 3.22. The molecule has 0 spiro atoms. The van der Waals surface area contributed by atoms with Crippen LogP contribution in [0.1, 0.15) is 30.1 Å². The first-order valence-electron chi connectivity index (χ1n) is 7.06. The Bertz CT molecular complexity index is 832. The number of fused-ring (bicyclic) bond motifs is 1. The van der Waals surface area contributed by atoms with Crippen molar-refractivity contribution in [3.8, 4) is 0 Å². The molecule has 1 saturated carbocycles. The third-order valence-electron chi connectivity index (χ3n) is 3.79. The van der Waals surface area contributed by atoms with E-state index in [0.29, 0.717) is 22.2 Å². The predicted molar refractivity (Wildman–Crippen MR) is 79.2 cm³/mol. The summed E-state index contributed by atoms with van der Waals surface area (Å²) in [6, 6.07) is 6.58. The third-order valence-corrected chi connectivity index (χ3v) is 3.79. The Labute approximate surface area is 125 Å². The molecule has 1 heterocycles. The molecular formula is C16H15NO5. The second-order valence-electron chi connectivity index (χ2n) is 5.59. The lowest BCUT2D eigenvalue weighted by molar-refractivity contribution is -0.137. The Morgan fingerprint density at radius 2 is 1.77 bits per heavy atom. The van der Waals surface area contributed by atoms with Gasteiger partial charge in [-0.25, -0.2) is 0 Å². The fourth-order valence-electron chi connectivity index (χ4n) is 2.78. The minimum Gasteiger partial charge on any atom is -0.481 e. The quantitative estimate of drug-likeness (QED) is 0.874. The third kappa shape index (κ3) is 2.72. The molecule has 1 aromatic carbocycles. The summed E-state index contributed by atoms with van der Waals surface area (Å²) in [5.41, 5.74) is 1.47. The SMILES string of the molecule is O=C(O)Cc1ccc2c(c1)c(=O)cc(CC(=O)O)n2C1CC1. The standard InChI is InChI=1S/C16H15NO5/c18-14-7-11(8-16(21)22)17(10-2-3-10)13-4-1-9(5-12(13)14)6-15(19)20/h1,4-5,7,10H,2-3,6,8H2,(H,19,20)(H,21,22). The molecule has 0 aliphatic heterocycles. The highest BCUT2D eigenvalue weighted by atomic mass is 16.4. The number of carbonyl (C=O) groups is 2. The van der Waals surface area contributed by atoms with E-state index in [0.717, 1.165) is 12.8 Å². The van der Waals surface area contributed by atoms with Gasteiger partial charge in [0.05, 0.1) is 18.4 Å². The van der Waals surface area contributed by atoms with Crippen molar-refractivity contribution < 1.29 is 19.8 Å². The predicted octanol–water partition coefficient (Wildman–Crippen LogP) is 1.59. The Morgan fingerprint density at radius 3 is 2.36 bits per heavy atom. The Morgan fingerprint density at radius 1 is 1.09 bits per heavy atom. The van der Waals surface area contributed by atoms with E-state index in [2.05, 4.69) is 0 Å². The van der Waals surface area contributed by atoms with E-state index < -0.39 is 11.9 Å². The minimum atomic E-state index is -0.976. The summed E-state index contributed by atoms with van der Waals surface area (Å²) in [5, 5.41) is 18.3. The van der Waals surface area contributed by atoms with Crippen LogP contribution in [0.15, 0.2) is 29.1 Å². The van der Waals surface area contributed by atoms with Crippen molar-refractivity contribution in [2.24, 2.45) is 0 Å². The molecule has 6 nitrogen and oxygen atoms in total. The van der Waals surface area contributed by atoms with Crippen molar-refractivity contribution in [3.05, 3.63) is 45.7 Å². The van der Waals surface area contributed by atoms with E-state index >= 15 is 0 Å². The van der Waals surface area contributed by atoms with E-state index in [-0.39, 0.29) is 24.3 Å². The first-order chi connectivity index (χ1) is 10.5. The second-order valence-corrected chi connectivity index (χ2v) is 5.59. The first-order valence-corrected chi connectivity index (χ1v) is 7.06. The van der Waals surface area contributed by atoms with Crippen LogP contribution in [-0.4, -0.2) is 26.7 Å². The molecule has 2 aromatic rings. The van der Waals surface area contributed by atoms with Gasteiger partial charge in [0.25, 0.3) is 0 Å². The van der Waals surface area contributed by atoms with Gasteiger partial charge in [-0.2, -0.15) is 0 Å². The first kappa shape index (κ1) is 14.3. The van der Waals surface area contributed by atoms with Crippen molar-refractivity contribution in [1.82, 2.24) is 4.57 Å². The van der Waals surface area contributed by atoms with Crippen LogP contribution >= 0.6 is 0 Å². The lowest BCUT2D eigenvalue weighted by Gasteiger charge is -2.15. The van der Waals surface area contributed by atoms with Crippen LogP contribution in [0.5, 0.6) is 0 Å². The molecule has 0 unspecified atom stereocenters. The summed E-state index contributed by atoms with van der Waals surface area (Å²) in [6.45, 7) is 0. The second kappa shape index (κ2) is 5.29. The largest absolute Gasteiger partial charge is 0.481 e. The van der Waals surface area contributed by atoms with Crippen LogP contribution in [0.25, 0.3) is 10.9 Å². The molecular weight excluding hydrogens is 286 g/mol. The summed E-state index contributed by atoms with van der Waals surface area (Å²) < 4.78 is 1.91. The number of carboxylic acids is 2. The number of nitrogens with zero attached hydrogens (tertiary/aromatic N) is 1. The van der Waals surface area contributed by atoms with E-state index in [9.17, 15) is 14.4 Å². The summed E-state index contributed by atoms with van der Waals surface area (Å²) in [7, 11) is 0. The lowest BCUT2D eigenvalue weighted by atomic mass is 10.1. The number of pyridine rings is 1. The molecule has 1 aliphatic rings. The molecule has 0 saturated heterocycles. The van der Waals surface area contributed by atoms with Gasteiger partial charge in [-0.15, -0.1) is 0 Å². The highest BCUT2D eigenvalue weighted by Crippen LogP contribution is 2.38. The van der Waals surface area contributed by atoms with Crippen molar-refractivity contribution in [1.29, 1.82) is 0 Å². The molecule has 22 heavy (non-hydrogen) atoms. The van der Waals surface area contributed by atoms with Gasteiger partial charge in [-0.1, -0.05) is 6.07 Å². The fourth-order valence-corrected chi connectivity index (χ4v) is 2.78. The maximum Gasteiger partial charge on any atom is 0.309 e. The molecule has 114 valence electrons. The summed E-state index contributed by atoms with van der Waals surface area (Å²) >= 11 is 0. The number of rotatable bonds is 5. The molecule has 1 aromatic heterocycles. The lowest BCUT2D eigenvalue weighted by Crippen LogP contribution is -2.17. The van der Waals surface area contributed by atoms with Crippen LogP contribution < -0.4 is 5.43 Å². The van der Waals surface area contributed by atoms with Crippen LogP contribution in [-0.2, 0) is 22.4 Å². The zero-order chi connectivity index (χ0) is 15.9. The van der Waals surface area contributed by atoms with Crippen molar-refractivity contribution in [2.45, 2.75) is 31.7 Å². The van der Waals surface area contributed by atoms with Gasteiger partial charge in [-0.3, -0.25) is 14.4 Å². The number of carboxylic acid groups (broad SMARTS) is 2. The summed E-state index contributed by atoms with van der Waals surface area (Å²) in [5.74, 6) is -1.93. The van der Waals surface area contributed by atoms with Gasteiger partial charge in [0.15, 0.2) is 5.43 Å². The van der Waals surface area contributed by atoms with E-state index in [1.807, 2.05) is 4.57 Å². The zero-order valence-corrected chi connectivity index (χ0v) is 11.8. The topological polar surface area (TPSA) is 96.6 Å². The highest BCUT2D eigenvalue weighted by Gasteiger charge is 2.27. The average molecular weight is 301 g/mol.